The van der Waals surface area contributed by atoms with E-state index in [1.165, 1.54) is 0 Å². The number of hydrogen-bond donors (Lipinski definition) is 1. The van der Waals surface area contributed by atoms with Crippen LogP contribution >= 0.6 is 0 Å². The molecule has 1 fully saturated rings. The summed E-state index contributed by atoms with van der Waals surface area (Å²) in [6.45, 7) is 7.07. The van der Waals surface area contributed by atoms with Crippen molar-refractivity contribution in [2.24, 2.45) is 0 Å². The Bertz CT molecular complexity index is 474. The lowest BCUT2D eigenvalue weighted by Crippen LogP contribution is -2.41. The summed E-state index contributed by atoms with van der Waals surface area (Å²) >= 11 is 0. The average molecular weight is 277 g/mol. The van der Waals surface area contributed by atoms with Crippen molar-refractivity contribution in [3.8, 4) is 0 Å². The lowest BCUT2D eigenvalue weighted by atomic mass is 9.89. The molecule has 110 valence electrons. The van der Waals surface area contributed by atoms with E-state index in [0.29, 0.717) is 19.0 Å². The molecule has 1 aliphatic heterocycles. The van der Waals surface area contributed by atoms with Gasteiger partial charge in [0.25, 0.3) is 0 Å². The van der Waals surface area contributed by atoms with Crippen molar-refractivity contribution < 1.29 is 9.53 Å². The Hall–Kier alpha value is -1.78. The molecule has 0 radical (unpaired) electrons. The number of hydrogen-bond acceptors (Lipinski definition) is 4. The summed E-state index contributed by atoms with van der Waals surface area (Å²) in [5.74, 6) is 0.400. The predicted molar refractivity (Wildman–Crippen MR) is 78.4 cm³/mol. The monoisotopic (exact) mass is 277 g/mol. The van der Waals surface area contributed by atoms with Gasteiger partial charge < -0.3 is 15.4 Å². The number of nitrogens with two attached hydrogens (primary N) is 1. The van der Waals surface area contributed by atoms with Crippen LogP contribution in [0.1, 0.15) is 45.1 Å². The zero-order valence-electron chi connectivity index (χ0n) is 12.4. The van der Waals surface area contributed by atoms with Gasteiger partial charge in [0.05, 0.1) is 11.9 Å². The molecule has 0 spiro atoms. The second-order valence-corrected chi connectivity index (χ2v) is 6.25. The largest absolute Gasteiger partial charge is 0.444 e. The van der Waals surface area contributed by atoms with Crippen LogP contribution in [0.4, 0.5) is 10.5 Å². The van der Waals surface area contributed by atoms with Crippen molar-refractivity contribution >= 4 is 11.8 Å². The summed E-state index contributed by atoms with van der Waals surface area (Å²) in [5, 5.41) is 0. The number of amides is 1. The van der Waals surface area contributed by atoms with Crippen LogP contribution < -0.4 is 5.73 Å². The van der Waals surface area contributed by atoms with E-state index in [0.717, 1.165) is 24.1 Å². The molecule has 20 heavy (non-hydrogen) atoms. The molecule has 0 aromatic carbocycles. The third-order valence-corrected chi connectivity index (χ3v) is 3.47. The van der Waals surface area contributed by atoms with Crippen molar-refractivity contribution in [2.75, 3.05) is 18.8 Å². The molecule has 1 saturated heterocycles. The summed E-state index contributed by atoms with van der Waals surface area (Å²) in [7, 11) is 0. The van der Waals surface area contributed by atoms with Gasteiger partial charge in [-0.25, -0.2) is 4.79 Å². The Kier molecular flexibility index (Phi) is 4.16. The highest BCUT2D eigenvalue weighted by Crippen LogP contribution is 2.31. The van der Waals surface area contributed by atoms with Gasteiger partial charge in [0.15, 0.2) is 0 Å². The van der Waals surface area contributed by atoms with Crippen LogP contribution in [-0.2, 0) is 4.74 Å². The molecule has 1 aromatic rings. The van der Waals surface area contributed by atoms with Crippen LogP contribution in [0.25, 0.3) is 0 Å². The van der Waals surface area contributed by atoms with Crippen LogP contribution in [0, 0.1) is 0 Å². The molecular weight excluding hydrogens is 254 g/mol. The van der Waals surface area contributed by atoms with E-state index in [1.54, 1.807) is 17.3 Å². The maximum absolute atomic E-state index is 12.0. The molecule has 2 rings (SSSR count). The fraction of sp³-hybridized carbons (Fsp3) is 0.600. The number of anilines is 1. The number of carbonyl (C=O) groups is 1. The lowest BCUT2D eigenvalue weighted by molar-refractivity contribution is 0.0205. The van der Waals surface area contributed by atoms with Crippen LogP contribution in [0.15, 0.2) is 18.5 Å². The summed E-state index contributed by atoms with van der Waals surface area (Å²) in [6.07, 6.45) is 5.06. The van der Waals surface area contributed by atoms with Gasteiger partial charge >= 0.3 is 6.09 Å². The van der Waals surface area contributed by atoms with Gasteiger partial charge in [-0.1, -0.05) is 0 Å². The molecule has 2 heterocycles. The highest BCUT2D eigenvalue weighted by molar-refractivity contribution is 5.68. The molecule has 2 N–H and O–H groups in total. The van der Waals surface area contributed by atoms with E-state index in [4.69, 9.17) is 10.5 Å². The second-order valence-electron chi connectivity index (χ2n) is 6.25. The minimum absolute atomic E-state index is 0.223. The van der Waals surface area contributed by atoms with Crippen molar-refractivity contribution in [3.63, 3.8) is 0 Å². The first kappa shape index (κ1) is 14.6. The van der Waals surface area contributed by atoms with Gasteiger partial charge in [-0.3, -0.25) is 4.98 Å². The highest BCUT2D eigenvalue weighted by atomic mass is 16.6. The maximum Gasteiger partial charge on any atom is 0.410 e. The van der Waals surface area contributed by atoms with Crippen LogP contribution in [-0.4, -0.2) is 34.7 Å². The minimum atomic E-state index is -0.441. The third kappa shape index (κ3) is 3.62. The minimum Gasteiger partial charge on any atom is -0.444 e. The summed E-state index contributed by atoms with van der Waals surface area (Å²) < 4.78 is 5.39. The summed E-state index contributed by atoms with van der Waals surface area (Å²) in [6, 6.07) is 1.98. The zero-order valence-corrected chi connectivity index (χ0v) is 12.4. The standard InChI is InChI=1S/C15H23N3O2/c1-15(2,3)20-14(19)18-8-5-11(6-9-18)12-4-7-17-10-13(12)16/h4,7,10-11H,5-6,8-9,16H2,1-3H3. The molecule has 0 aliphatic carbocycles. The molecule has 1 aromatic heterocycles. The van der Waals surface area contributed by atoms with E-state index >= 15 is 0 Å². The molecule has 0 atom stereocenters. The van der Waals surface area contributed by atoms with Crippen molar-refractivity contribution in [1.82, 2.24) is 9.88 Å². The molecule has 5 nitrogen and oxygen atoms in total. The van der Waals surface area contributed by atoms with E-state index < -0.39 is 5.60 Å². The second kappa shape index (κ2) is 5.69. The van der Waals surface area contributed by atoms with Crippen molar-refractivity contribution in [1.29, 1.82) is 0 Å². The summed E-state index contributed by atoms with van der Waals surface area (Å²) in [5.41, 5.74) is 7.40. The molecule has 1 aliphatic rings. The first-order valence-corrected chi connectivity index (χ1v) is 7.04. The van der Waals surface area contributed by atoms with Crippen molar-refractivity contribution in [3.05, 3.63) is 24.0 Å². The number of rotatable bonds is 1. The van der Waals surface area contributed by atoms with Crippen LogP contribution in [0.2, 0.25) is 0 Å². The van der Waals surface area contributed by atoms with Gasteiger partial charge in [-0.2, -0.15) is 0 Å². The van der Waals surface area contributed by atoms with Crippen LogP contribution in [0.5, 0.6) is 0 Å². The van der Waals surface area contributed by atoms with E-state index in [1.807, 2.05) is 26.8 Å². The molecule has 0 unspecified atom stereocenters. The average Bonchev–Trinajstić information content (AvgIpc) is 2.37. The van der Waals surface area contributed by atoms with Gasteiger partial charge in [0.2, 0.25) is 0 Å². The zero-order chi connectivity index (χ0) is 14.8. The predicted octanol–water partition coefficient (Wildman–Crippen LogP) is 2.78. The molecular formula is C15H23N3O2. The molecule has 1 amide bonds. The first-order valence-electron chi connectivity index (χ1n) is 7.04. The number of nitrogens with zero attached hydrogens (tertiary/aromatic N) is 2. The van der Waals surface area contributed by atoms with Gasteiger partial charge in [-0.15, -0.1) is 0 Å². The quantitative estimate of drug-likeness (QED) is 0.857. The van der Waals surface area contributed by atoms with E-state index in [9.17, 15) is 4.79 Å². The Balaban J connectivity index is 1.93. The Morgan fingerprint density at radius 1 is 1.40 bits per heavy atom. The maximum atomic E-state index is 12.0. The first-order chi connectivity index (χ1) is 9.37. The number of pyridine rings is 1. The topological polar surface area (TPSA) is 68.5 Å². The number of piperidine rings is 1. The molecule has 0 bridgehead atoms. The number of likely N-dealkylation sites (tertiary alicyclic amines) is 1. The number of ether oxygens (including phenoxy) is 1. The molecule has 5 heteroatoms. The summed E-state index contributed by atoms with van der Waals surface area (Å²) in [4.78, 5) is 17.8. The van der Waals surface area contributed by atoms with Gasteiger partial charge in [0.1, 0.15) is 5.60 Å². The highest BCUT2D eigenvalue weighted by Gasteiger charge is 2.28. The fourth-order valence-electron chi connectivity index (χ4n) is 2.49. The number of carbonyl (C=O) groups excluding carboxylic acids is 1. The van der Waals surface area contributed by atoms with Gasteiger partial charge in [0, 0.05) is 19.3 Å². The third-order valence-electron chi connectivity index (χ3n) is 3.47. The van der Waals surface area contributed by atoms with Crippen LogP contribution in [0.3, 0.4) is 0 Å². The lowest BCUT2D eigenvalue weighted by Gasteiger charge is -2.33. The van der Waals surface area contributed by atoms with Gasteiger partial charge in [-0.05, 0) is 51.2 Å². The Labute approximate surface area is 120 Å². The van der Waals surface area contributed by atoms with Crippen molar-refractivity contribution in [2.45, 2.75) is 45.1 Å². The number of aromatic nitrogens is 1. The normalized spacial score (nSPS) is 17.1. The SMILES string of the molecule is CC(C)(C)OC(=O)N1CCC(c2ccncc2N)CC1. The van der Waals surface area contributed by atoms with E-state index in [-0.39, 0.29) is 6.09 Å². The molecule has 0 saturated carbocycles. The smallest absolute Gasteiger partial charge is 0.410 e. The van der Waals surface area contributed by atoms with E-state index in [2.05, 4.69) is 4.98 Å². The Morgan fingerprint density at radius 2 is 2.05 bits per heavy atom. The number of nitrogen functional groups attached to an aromatic ring is 1. The fourth-order valence-corrected chi connectivity index (χ4v) is 2.49. The Morgan fingerprint density at radius 3 is 2.60 bits per heavy atom.